The second-order valence-electron chi connectivity index (χ2n) is 6.69. The van der Waals surface area contributed by atoms with Crippen LogP contribution in [0.3, 0.4) is 0 Å². The van der Waals surface area contributed by atoms with Crippen LogP contribution in [0, 0.1) is 0 Å². The first-order valence-electron chi connectivity index (χ1n) is 9.46. The molecule has 2 rings (SSSR count). The highest BCUT2D eigenvalue weighted by atomic mass is 31.2. The second-order valence-corrected chi connectivity index (χ2v) is 7.88. The first-order chi connectivity index (χ1) is 13.3. The molecule has 2 aromatic carbocycles. The second kappa shape index (κ2) is 10.6. The molecule has 7 nitrogen and oxygen atoms in total. The van der Waals surface area contributed by atoms with E-state index in [0.717, 1.165) is 36.5 Å². The first-order valence-corrected chi connectivity index (χ1v) is 11.0. The zero-order valence-electron chi connectivity index (χ0n) is 16.2. The van der Waals surface area contributed by atoms with E-state index in [2.05, 4.69) is 12.2 Å². The largest absolute Gasteiger partial charge is 0.469 e. The summed E-state index contributed by atoms with van der Waals surface area (Å²) in [5.74, 6) is 0. The molecule has 0 aliphatic heterocycles. The lowest BCUT2D eigenvalue weighted by Crippen LogP contribution is -2.36. The van der Waals surface area contributed by atoms with Crippen molar-refractivity contribution in [3.63, 3.8) is 0 Å². The summed E-state index contributed by atoms with van der Waals surface area (Å²) in [7, 11) is -4.73. The Hall–Kier alpha value is -1.92. The van der Waals surface area contributed by atoms with Gasteiger partial charge >= 0.3 is 13.9 Å². The fraction of sp³-hybridized carbons (Fsp3) is 0.450. The molecule has 0 fully saturated rings. The summed E-state index contributed by atoms with van der Waals surface area (Å²) >= 11 is 0. The van der Waals surface area contributed by atoms with Crippen molar-refractivity contribution in [3.05, 3.63) is 48.0 Å². The van der Waals surface area contributed by atoms with E-state index < -0.39 is 26.1 Å². The van der Waals surface area contributed by atoms with Crippen LogP contribution in [-0.4, -0.2) is 28.6 Å². The number of alkyl carbamates (subject to hydrolysis) is 1. The van der Waals surface area contributed by atoms with Crippen LogP contribution in [0.25, 0.3) is 10.8 Å². The third-order valence-electron chi connectivity index (χ3n) is 4.44. The van der Waals surface area contributed by atoms with Crippen LogP contribution >= 0.6 is 7.82 Å². The third kappa shape index (κ3) is 6.91. The third-order valence-corrected chi connectivity index (χ3v) is 5.04. The van der Waals surface area contributed by atoms with Crippen LogP contribution in [0.4, 0.5) is 4.79 Å². The number of amides is 1. The summed E-state index contributed by atoms with van der Waals surface area (Å²) in [5.41, 5.74) is 0.696. The van der Waals surface area contributed by atoms with Gasteiger partial charge in [-0.1, -0.05) is 68.7 Å². The monoisotopic (exact) mass is 409 g/mol. The maximum Gasteiger partial charge on any atom is 0.469 e. The van der Waals surface area contributed by atoms with Crippen molar-refractivity contribution in [3.8, 4) is 0 Å². The molecule has 8 heteroatoms. The topological polar surface area (TPSA) is 105 Å². The average Bonchev–Trinajstić information content (AvgIpc) is 2.64. The molecular weight excluding hydrogens is 381 g/mol. The smallest absolute Gasteiger partial charge is 0.450 e. The Morgan fingerprint density at radius 3 is 2.54 bits per heavy atom. The van der Waals surface area contributed by atoms with Crippen molar-refractivity contribution in [2.45, 2.75) is 51.7 Å². The predicted molar refractivity (Wildman–Crippen MR) is 108 cm³/mol. The van der Waals surface area contributed by atoms with Gasteiger partial charge in [0.15, 0.2) is 0 Å². The van der Waals surface area contributed by atoms with Gasteiger partial charge in [0.2, 0.25) is 0 Å². The van der Waals surface area contributed by atoms with Crippen molar-refractivity contribution in [1.82, 2.24) is 5.32 Å². The Morgan fingerprint density at radius 1 is 1.11 bits per heavy atom. The fourth-order valence-electron chi connectivity index (χ4n) is 3.11. The molecule has 0 spiro atoms. The number of carbonyl (C=O) groups is 1. The van der Waals surface area contributed by atoms with Crippen LogP contribution < -0.4 is 5.32 Å². The molecule has 28 heavy (non-hydrogen) atoms. The molecule has 0 aliphatic carbocycles. The number of benzene rings is 2. The number of phosphoric acid groups is 1. The molecule has 2 aromatic rings. The Labute approximate surface area is 165 Å². The number of fused-ring (bicyclic) bond motifs is 1. The first kappa shape index (κ1) is 22.4. The molecule has 0 aromatic heterocycles. The van der Waals surface area contributed by atoms with Crippen molar-refractivity contribution >= 4 is 24.7 Å². The average molecular weight is 409 g/mol. The SMILES string of the molecule is CCCCCCOC(=O)NC(c1cccc2ccccc12)C(C)OP(=O)(O)O. The molecular formula is C20H28NO6P. The number of hydrogen-bond acceptors (Lipinski definition) is 4. The van der Waals surface area contributed by atoms with Crippen LogP contribution in [0.1, 0.15) is 51.1 Å². The minimum atomic E-state index is -4.73. The van der Waals surface area contributed by atoms with Gasteiger partial charge in [-0.3, -0.25) is 4.52 Å². The zero-order valence-corrected chi connectivity index (χ0v) is 17.1. The number of phosphoric ester groups is 1. The van der Waals surface area contributed by atoms with E-state index in [1.807, 2.05) is 36.4 Å². The van der Waals surface area contributed by atoms with Crippen molar-refractivity contribution in [2.24, 2.45) is 0 Å². The van der Waals surface area contributed by atoms with E-state index in [4.69, 9.17) is 9.26 Å². The van der Waals surface area contributed by atoms with Crippen molar-refractivity contribution < 1.29 is 28.4 Å². The highest BCUT2D eigenvalue weighted by Gasteiger charge is 2.29. The maximum absolute atomic E-state index is 12.3. The van der Waals surface area contributed by atoms with E-state index >= 15 is 0 Å². The molecule has 154 valence electrons. The zero-order chi connectivity index (χ0) is 20.6. The lowest BCUT2D eigenvalue weighted by Gasteiger charge is -2.26. The molecule has 2 unspecified atom stereocenters. The van der Waals surface area contributed by atoms with Gasteiger partial charge in [0.1, 0.15) is 0 Å². The highest BCUT2D eigenvalue weighted by Crippen LogP contribution is 2.41. The molecule has 0 aliphatic rings. The van der Waals surface area contributed by atoms with Crippen LogP contribution in [0.15, 0.2) is 42.5 Å². The van der Waals surface area contributed by atoms with E-state index in [1.165, 1.54) is 6.92 Å². The molecule has 0 bridgehead atoms. The van der Waals surface area contributed by atoms with Gasteiger partial charge < -0.3 is 19.8 Å². The molecule has 0 heterocycles. The number of ether oxygens (including phenoxy) is 1. The van der Waals surface area contributed by atoms with Gasteiger partial charge in [0.25, 0.3) is 0 Å². The van der Waals surface area contributed by atoms with Crippen LogP contribution in [0.2, 0.25) is 0 Å². The Balaban J connectivity index is 2.20. The lowest BCUT2D eigenvalue weighted by atomic mass is 9.96. The quantitative estimate of drug-likeness (QED) is 0.389. The molecule has 0 radical (unpaired) electrons. The van der Waals surface area contributed by atoms with Gasteiger partial charge in [-0.25, -0.2) is 9.36 Å². The van der Waals surface area contributed by atoms with Gasteiger partial charge in [-0.05, 0) is 29.7 Å². The van der Waals surface area contributed by atoms with E-state index in [9.17, 15) is 19.1 Å². The van der Waals surface area contributed by atoms with Crippen molar-refractivity contribution in [1.29, 1.82) is 0 Å². The normalized spacial score (nSPS) is 13.9. The number of unbranched alkanes of at least 4 members (excludes halogenated alkanes) is 3. The summed E-state index contributed by atoms with van der Waals surface area (Å²) < 4.78 is 21.4. The Morgan fingerprint density at radius 2 is 1.82 bits per heavy atom. The standard InChI is InChI=1S/C20H28NO6P/c1-3-4-5-8-14-26-20(22)21-19(15(2)27-28(23,24)25)18-13-9-11-16-10-6-7-12-17(16)18/h6-7,9-13,15,19H,3-5,8,14H2,1-2H3,(H,21,22)(H2,23,24,25). The molecule has 1 amide bonds. The van der Waals surface area contributed by atoms with Crippen molar-refractivity contribution in [2.75, 3.05) is 6.61 Å². The number of nitrogens with one attached hydrogen (secondary N) is 1. The molecule has 0 saturated carbocycles. The Bertz CT molecular complexity index is 816. The van der Waals surface area contributed by atoms with E-state index in [1.54, 1.807) is 6.07 Å². The number of hydrogen-bond donors (Lipinski definition) is 3. The fourth-order valence-corrected chi connectivity index (χ4v) is 3.66. The lowest BCUT2D eigenvalue weighted by molar-refractivity contribution is 0.0996. The minimum Gasteiger partial charge on any atom is -0.450 e. The van der Waals surface area contributed by atoms with Gasteiger partial charge in [0, 0.05) is 0 Å². The summed E-state index contributed by atoms with van der Waals surface area (Å²) in [4.78, 5) is 30.7. The number of carbonyl (C=O) groups excluding carboxylic acids is 1. The van der Waals surface area contributed by atoms with E-state index in [0.29, 0.717) is 12.2 Å². The van der Waals surface area contributed by atoms with E-state index in [-0.39, 0.29) is 0 Å². The summed E-state index contributed by atoms with van der Waals surface area (Å²) in [6.07, 6.45) is 2.31. The van der Waals surface area contributed by atoms with Gasteiger partial charge in [0.05, 0.1) is 18.8 Å². The van der Waals surface area contributed by atoms with Crippen LogP contribution in [-0.2, 0) is 13.8 Å². The van der Waals surface area contributed by atoms with Gasteiger partial charge in [-0.2, -0.15) is 0 Å². The summed E-state index contributed by atoms with van der Waals surface area (Å²) in [6.45, 7) is 3.90. The number of rotatable bonds is 10. The molecule has 2 atom stereocenters. The minimum absolute atomic E-state index is 0.293. The predicted octanol–water partition coefficient (Wildman–Crippen LogP) is 4.69. The molecule has 3 N–H and O–H groups in total. The van der Waals surface area contributed by atoms with Crippen LogP contribution in [0.5, 0.6) is 0 Å². The Kier molecular flexibility index (Phi) is 8.45. The maximum atomic E-state index is 12.3. The highest BCUT2D eigenvalue weighted by molar-refractivity contribution is 7.46. The summed E-state index contributed by atoms with van der Waals surface area (Å²) in [6, 6.07) is 12.3. The summed E-state index contributed by atoms with van der Waals surface area (Å²) in [5, 5.41) is 4.52. The molecule has 0 saturated heterocycles. The van der Waals surface area contributed by atoms with Gasteiger partial charge in [-0.15, -0.1) is 0 Å².